The third-order valence-electron chi connectivity index (χ3n) is 3.15. The van der Waals surface area contributed by atoms with Gasteiger partial charge in [0.2, 0.25) is 0 Å². The molecule has 1 fully saturated rings. The van der Waals surface area contributed by atoms with Crippen molar-refractivity contribution in [3.8, 4) is 6.07 Å². The largest absolute Gasteiger partial charge is 0.367 e. The highest BCUT2D eigenvalue weighted by Crippen LogP contribution is 2.31. The molecule has 1 N–H and O–H groups in total. The summed E-state index contributed by atoms with van der Waals surface area (Å²) in [6.07, 6.45) is 5.51. The second-order valence-electron chi connectivity index (χ2n) is 4.39. The number of nitrogens with one attached hydrogen (secondary N) is 1. The van der Waals surface area contributed by atoms with Gasteiger partial charge in [-0.1, -0.05) is 19.3 Å². The molecule has 0 spiro atoms. The third kappa shape index (κ3) is 2.67. The number of hydrogen-bond donors (Lipinski definition) is 1. The van der Waals surface area contributed by atoms with Gasteiger partial charge >= 0.3 is 0 Å². The Labute approximate surface area is 110 Å². The number of nitriles is 1. The van der Waals surface area contributed by atoms with Crippen molar-refractivity contribution in [2.45, 2.75) is 37.6 Å². The third-order valence-corrected chi connectivity index (χ3v) is 3.87. The van der Waals surface area contributed by atoms with Crippen molar-refractivity contribution in [2.75, 3.05) is 5.32 Å². The summed E-state index contributed by atoms with van der Waals surface area (Å²) >= 11 is 2.29. The highest BCUT2D eigenvalue weighted by Gasteiger charge is 2.31. The Kier molecular flexibility index (Phi) is 3.70. The summed E-state index contributed by atoms with van der Waals surface area (Å²) in [6, 6.07) is 10.7. The molecule has 0 atom stereocenters. The van der Waals surface area contributed by atoms with Crippen LogP contribution in [0.3, 0.4) is 0 Å². The lowest BCUT2D eigenvalue weighted by atomic mass is 9.82. The first kappa shape index (κ1) is 11.7. The molecule has 2 rings (SSSR count). The summed E-state index contributed by atoms with van der Waals surface area (Å²) in [4.78, 5) is 0. The second kappa shape index (κ2) is 5.05. The average molecular weight is 326 g/mol. The van der Waals surface area contributed by atoms with Crippen LogP contribution in [0.5, 0.6) is 0 Å². The number of rotatable bonds is 2. The zero-order valence-corrected chi connectivity index (χ0v) is 11.3. The predicted octanol–water partition coefficient (Wildman–Crippen LogP) is 3.93. The minimum atomic E-state index is -0.328. The molecule has 0 aromatic heterocycles. The topological polar surface area (TPSA) is 35.8 Å². The Balaban J connectivity index is 2.12. The van der Waals surface area contributed by atoms with Crippen LogP contribution in [-0.2, 0) is 0 Å². The molecule has 0 bridgehead atoms. The number of anilines is 1. The lowest BCUT2D eigenvalue weighted by Crippen LogP contribution is -2.38. The zero-order chi connectivity index (χ0) is 11.4. The highest BCUT2D eigenvalue weighted by atomic mass is 127. The van der Waals surface area contributed by atoms with Gasteiger partial charge in [-0.15, -0.1) is 0 Å². The van der Waals surface area contributed by atoms with E-state index in [-0.39, 0.29) is 5.54 Å². The standard InChI is InChI=1S/C13H15IN2/c14-11-4-6-12(7-5-11)16-13(10-15)8-2-1-3-9-13/h4-7,16H,1-3,8-9H2. The van der Waals surface area contributed by atoms with Crippen LogP contribution in [-0.4, -0.2) is 5.54 Å². The van der Waals surface area contributed by atoms with Crippen molar-refractivity contribution >= 4 is 28.3 Å². The van der Waals surface area contributed by atoms with Gasteiger partial charge in [-0.05, 0) is 59.7 Å². The van der Waals surface area contributed by atoms with Crippen molar-refractivity contribution in [2.24, 2.45) is 0 Å². The van der Waals surface area contributed by atoms with E-state index < -0.39 is 0 Å². The van der Waals surface area contributed by atoms with Gasteiger partial charge in [0.15, 0.2) is 0 Å². The van der Waals surface area contributed by atoms with Gasteiger partial charge < -0.3 is 5.32 Å². The summed E-state index contributed by atoms with van der Waals surface area (Å²) < 4.78 is 1.22. The van der Waals surface area contributed by atoms with Crippen molar-refractivity contribution in [3.05, 3.63) is 27.8 Å². The summed E-state index contributed by atoms with van der Waals surface area (Å²) in [5.74, 6) is 0. The zero-order valence-electron chi connectivity index (χ0n) is 9.17. The number of hydrogen-bond acceptors (Lipinski definition) is 2. The van der Waals surface area contributed by atoms with Gasteiger partial charge in [-0.2, -0.15) is 5.26 Å². The Bertz CT molecular complexity index is 385. The van der Waals surface area contributed by atoms with Gasteiger partial charge in [0.25, 0.3) is 0 Å². The Morgan fingerprint density at radius 2 is 1.75 bits per heavy atom. The molecule has 0 radical (unpaired) electrons. The minimum Gasteiger partial charge on any atom is -0.367 e. The van der Waals surface area contributed by atoms with E-state index in [1.807, 2.05) is 0 Å². The van der Waals surface area contributed by atoms with E-state index >= 15 is 0 Å². The molecular weight excluding hydrogens is 311 g/mol. The van der Waals surface area contributed by atoms with Gasteiger partial charge in [0, 0.05) is 9.26 Å². The summed E-state index contributed by atoms with van der Waals surface area (Å²) in [5.41, 5.74) is 0.731. The van der Waals surface area contributed by atoms with E-state index in [9.17, 15) is 5.26 Å². The monoisotopic (exact) mass is 326 g/mol. The fourth-order valence-electron chi connectivity index (χ4n) is 2.23. The molecule has 0 heterocycles. The molecular formula is C13H15IN2. The molecule has 84 valence electrons. The van der Waals surface area contributed by atoms with E-state index in [0.29, 0.717) is 0 Å². The molecule has 1 saturated carbocycles. The van der Waals surface area contributed by atoms with E-state index in [0.717, 1.165) is 31.4 Å². The number of halogens is 1. The van der Waals surface area contributed by atoms with Crippen LogP contribution < -0.4 is 5.32 Å². The number of nitrogens with zero attached hydrogens (tertiary/aromatic N) is 1. The molecule has 3 heteroatoms. The molecule has 0 aliphatic heterocycles. The van der Waals surface area contributed by atoms with Gasteiger partial charge in [0.1, 0.15) is 5.54 Å². The first-order valence-electron chi connectivity index (χ1n) is 5.69. The number of benzene rings is 1. The maximum atomic E-state index is 9.34. The SMILES string of the molecule is N#CC1(Nc2ccc(I)cc2)CCCCC1. The predicted molar refractivity (Wildman–Crippen MR) is 74.2 cm³/mol. The lowest BCUT2D eigenvalue weighted by Gasteiger charge is -2.32. The van der Waals surface area contributed by atoms with E-state index in [1.165, 1.54) is 9.99 Å². The van der Waals surface area contributed by atoms with Crippen LogP contribution in [0.2, 0.25) is 0 Å². The van der Waals surface area contributed by atoms with Gasteiger partial charge in [-0.25, -0.2) is 0 Å². The van der Waals surface area contributed by atoms with Gasteiger partial charge in [0.05, 0.1) is 6.07 Å². The van der Waals surface area contributed by atoms with E-state index in [1.54, 1.807) is 0 Å². The first-order valence-corrected chi connectivity index (χ1v) is 6.77. The second-order valence-corrected chi connectivity index (χ2v) is 5.63. The van der Waals surface area contributed by atoms with Gasteiger partial charge in [-0.3, -0.25) is 0 Å². The molecule has 0 unspecified atom stereocenters. The Hall–Kier alpha value is -0.760. The first-order chi connectivity index (χ1) is 7.74. The van der Waals surface area contributed by atoms with Crippen LogP contribution >= 0.6 is 22.6 Å². The molecule has 1 aromatic carbocycles. The van der Waals surface area contributed by atoms with Crippen molar-refractivity contribution in [1.29, 1.82) is 5.26 Å². The van der Waals surface area contributed by atoms with Crippen molar-refractivity contribution in [3.63, 3.8) is 0 Å². The fraction of sp³-hybridized carbons (Fsp3) is 0.462. The quantitative estimate of drug-likeness (QED) is 0.836. The molecule has 1 aliphatic rings. The summed E-state index contributed by atoms with van der Waals surface area (Å²) in [6.45, 7) is 0. The molecule has 16 heavy (non-hydrogen) atoms. The molecule has 1 aromatic rings. The Morgan fingerprint density at radius 1 is 1.12 bits per heavy atom. The minimum absolute atomic E-state index is 0.328. The normalized spacial score (nSPS) is 18.8. The van der Waals surface area contributed by atoms with Crippen LogP contribution in [0.4, 0.5) is 5.69 Å². The Morgan fingerprint density at radius 3 is 2.31 bits per heavy atom. The van der Waals surface area contributed by atoms with Crippen LogP contribution in [0, 0.1) is 14.9 Å². The maximum Gasteiger partial charge on any atom is 0.125 e. The van der Waals surface area contributed by atoms with Crippen LogP contribution in [0.1, 0.15) is 32.1 Å². The fourth-order valence-corrected chi connectivity index (χ4v) is 2.59. The summed E-state index contributed by atoms with van der Waals surface area (Å²) in [7, 11) is 0. The smallest absolute Gasteiger partial charge is 0.125 e. The van der Waals surface area contributed by atoms with E-state index in [4.69, 9.17) is 0 Å². The maximum absolute atomic E-state index is 9.34. The van der Waals surface area contributed by atoms with Crippen molar-refractivity contribution in [1.82, 2.24) is 0 Å². The molecule has 2 nitrogen and oxygen atoms in total. The van der Waals surface area contributed by atoms with Crippen LogP contribution in [0.15, 0.2) is 24.3 Å². The summed E-state index contributed by atoms with van der Waals surface area (Å²) in [5, 5.41) is 12.8. The molecule has 1 aliphatic carbocycles. The van der Waals surface area contributed by atoms with Crippen molar-refractivity contribution < 1.29 is 0 Å². The van der Waals surface area contributed by atoms with Crippen LogP contribution in [0.25, 0.3) is 0 Å². The highest BCUT2D eigenvalue weighted by molar-refractivity contribution is 14.1. The average Bonchev–Trinajstić information content (AvgIpc) is 2.33. The van der Waals surface area contributed by atoms with E-state index in [2.05, 4.69) is 58.2 Å². The molecule has 0 amide bonds. The molecule has 0 saturated heterocycles. The lowest BCUT2D eigenvalue weighted by molar-refractivity contribution is 0.393.